The highest BCUT2D eigenvalue weighted by atomic mass is 16.5. The number of aliphatic hydroxyl groups excluding tert-OH is 1. The van der Waals surface area contributed by atoms with E-state index in [0.29, 0.717) is 13.2 Å². The van der Waals surface area contributed by atoms with Crippen molar-refractivity contribution in [3.8, 4) is 11.5 Å². The molecular weight excluding hydrogens is 342 g/mol. The summed E-state index contributed by atoms with van der Waals surface area (Å²) in [6, 6.07) is 6.31. The van der Waals surface area contributed by atoms with Gasteiger partial charge in [-0.3, -0.25) is 9.80 Å². The van der Waals surface area contributed by atoms with Gasteiger partial charge >= 0.3 is 0 Å². The molecule has 2 atom stereocenters. The molecular formula is C21H35N3O3. The van der Waals surface area contributed by atoms with E-state index in [-0.39, 0.29) is 12.1 Å². The number of hydrogen-bond donors (Lipinski definition) is 1. The van der Waals surface area contributed by atoms with Crippen LogP contribution in [0.15, 0.2) is 18.2 Å². The van der Waals surface area contributed by atoms with E-state index in [1.807, 2.05) is 12.1 Å². The molecule has 6 heteroatoms. The lowest BCUT2D eigenvalue weighted by Gasteiger charge is -2.37. The SMILES string of the molecule is CCCCOc1c(CN2C[C@H](O)[C@@H](N3CCN(C)CC3)C2)cccc1OC. The fraction of sp³-hybridized carbons (Fsp3) is 0.714. The Balaban J connectivity index is 1.65. The lowest BCUT2D eigenvalue weighted by atomic mass is 10.1. The standard InChI is InChI=1S/C21H35N3O3/c1-4-5-13-27-21-17(7-6-8-20(21)26-3)14-23-15-18(19(25)16-23)24-11-9-22(2)10-12-24/h6-8,18-19,25H,4-5,9-16H2,1-3H3/t18-,19-/m0/s1. The van der Waals surface area contributed by atoms with Crippen molar-refractivity contribution in [3.05, 3.63) is 23.8 Å². The van der Waals surface area contributed by atoms with Crippen molar-refractivity contribution in [1.29, 1.82) is 0 Å². The number of unbranched alkanes of at least 4 members (excludes halogenated alkanes) is 1. The Morgan fingerprint density at radius 1 is 1.15 bits per heavy atom. The third-order valence-electron chi connectivity index (χ3n) is 5.76. The van der Waals surface area contributed by atoms with Crippen LogP contribution in [0.4, 0.5) is 0 Å². The van der Waals surface area contributed by atoms with Crippen LogP contribution in [0.5, 0.6) is 11.5 Å². The highest BCUT2D eigenvalue weighted by Crippen LogP contribution is 2.33. The molecule has 152 valence electrons. The van der Waals surface area contributed by atoms with Gasteiger partial charge in [-0.25, -0.2) is 0 Å². The van der Waals surface area contributed by atoms with Gasteiger partial charge < -0.3 is 19.5 Å². The van der Waals surface area contributed by atoms with E-state index in [2.05, 4.69) is 34.7 Å². The Kier molecular flexibility index (Phi) is 7.35. The first kappa shape index (κ1) is 20.4. The van der Waals surface area contributed by atoms with Crippen LogP contribution >= 0.6 is 0 Å². The highest BCUT2D eigenvalue weighted by molar-refractivity contribution is 5.46. The average Bonchev–Trinajstić information content (AvgIpc) is 3.03. The zero-order valence-electron chi connectivity index (χ0n) is 17.1. The molecule has 0 radical (unpaired) electrons. The molecule has 1 N–H and O–H groups in total. The molecule has 2 aliphatic rings. The minimum atomic E-state index is -0.288. The van der Waals surface area contributed by atoms with Crippen LogP contribution in [0.2, 0.25) is 0 Å². The number of piperazine rings is 1. The lowest BCUT2D eigenvalue weighted by Crippen LogP contribution is -2.52. The minimum Gasteiger partial charge on any atom is -0.493 e. The van der Waals surface area contributed by atoms with Crippen LogP contribution in [0, 0.1) is 0 Å². The molecule has 2 saturated heterocycles. The van der Waals surface area contributed by atoms with E-state index in [9.17, 15) is 5.11 Å². The molecule has 27 heavy (non-hydrogen) atoms. The summed E-state index contributed by atoms with van der Waals surface area (Å²) < 4.78 is 11.6. The van der Waals surface area contributed by atoms with Crippen LogP contribution in [0.1, 0.15) is 25.3 Å². The number of β-amino-alcohol motifs (C(OH)–C–C–N with tert-alkyl or cyclic N) is 1. The lowest BCUT2D eigenvalue weighted by molar-refractivity contribution is 0.0512. The molecule has 6 nitrogen and oxygen atoms in total. The summed E-state index contributed by atoms with van der Waals surface area (Å²) in [5.41, 5.74) is 1.14. The molecule has 0 bridgehead atoms. The zero-order valence-corrected chi connectivity index (χ0v) is 17.1. The highest BCUT2D eigenvalue weighted by Gasteiger charge is 2.36. The summed E-state index contributed by atoms with van der Waals surface area (Å²) in [4.78, 5) is 7.15. The van der Waals surface area contributed by atoms with Gasteiger partial charge in [0.1, 0.15) is 0 Å². The molecule has 2 heterocycles. The second-order valence-electron chi connectivity index (χ2n) is 7.82. The van der Waals surface area contributed by atoms with E-state index in [1.165, 1.54) is 0 Å². The molecule has 2 fully saturated rings. The number of benzene rings is 1. The molecule has 0 amide bonds. The topological polar surface area (TPSA) is 48.4 Å². The molecule has 2 aliphatic heterocycles. The molecule has 0 aliphatic carbocycles. The van der Waals surface area contributed by atoms with Gasteiger partial charge in [-0.2, -0.15) is 0 Å². The van der Waals surface area contributed by atoms with Gasteiger partial charge in [-0.1, -0.05) is 25.5 Å². The normalized spacial score (nSPS) is 25.0. The fourth-order valence-corrected chi connectivity index (χ4v) is 4.06. The fourth-order valence-electron chi connectivity index (χ4n) is 4.06. The number of ether oxygens (including phenoxy) is 2. The van der Waals surface area contributed by atoms with Crippen LogP contribution in [-0.4, -0.2) is 92.0 Å². The Labute approximate surface area is 163 Å². The molecule has 3 rings (SSSR count). The molecule has 1 aromatic rings. The van der Waals surface area contributed by atoms with Crippen molar-refractivity contribution in [2.45, 2.75) is 38.5 Å². The quantitative estimate of drug-likeness (QED) is 0.696. The number of likely N-dealkylation sites (N-methyl/N-ethyl adjacent to an activating group) is 1. The summed E-state index contributed by atoms with van der Waals surface area (Å²) in [6.07, 6.45) is 1.85. The summed E-state index contributed by atoms with van der Waals surface area (Å²) >= 11 is 0. The van der Waals surface area contributed by atoms with Gasteiger partial charge in [0.2, 0.25) is 0 Å². The largest absolute Gasteiger partial charge is 0.493 e. The number of aliphatic hydroxyl groups is 1. The average molecular weight is 378 g/mol. The summed E-state index contributed by atoms with van der Waals surface area (Å²) in [6.45, 7) is 9.49. The van der Waals surface area contributed by atoms with Gasteiger partial charge in [0, 0.05) is 57.4 Å². The van der Waals surface area contributed by atoms with E-state index < -0.39 is 0 Å². The first-order chi connectivity index (χ1) is 13.1. The zero-order chi connectivity index (χ0) is 19.2. The van der Waals surface area contributed by atoms with Crippen LogP contribution in [0.25, 0.3) is 0 Å². The molecule has 0 saturated carbocycles. The number of methoxy groups -OCH3 is 1. The van der Waals surface area contributed by atoms with Crippen LogP contribution in [0.3, 0.4) is 0 Å². The van der Waals surface area contributed by atoms with Crippen molar-refractivity contribution in [1.82, 2.24) is 14.7 Å². The second-order valence-corrected chi connectivity index (χ2v) is 7.82. The smallest absolute Gasteiger partial charge is 0.165 e. The van der Waals surface area contributed by atoms with E-state index in [0.717, 1.165) is 69.2 Å². The Hall–Kier alpha value is -1.34. The van der Waals surface area contributed by atoms with Gasteiger partial charge in [-0.05, 0) is 19.5 Å². The predicted octanol–water partition coefficient (Wildman–Crippen LogP) is 1.67. The third-order valence-corrected chi connectivity index (χ3v) is 5.76. The van der Waals surface area contributed by atoms with Crippen LogP contribution < -0.4 is 9.47 Å². The summed E-state index contributed by atoms with van der Waals surface area (Å²) in [7, 11) is 3.85. The number of likely N-dealkylation sites (tertiary alicyclic amines) is 1. The summed E-state index contributed by atoms with van der Waals surface area (Å²) in [5, 5.41) is 10.6. The number of nitrogens with zero attached hydrogens (tertiary/aromatic N) is 3. The first-order valence-corrected chi connectivity index (χ1v) is 10.2. The van der Waals surface area contributed by atoms with Gasteiger partial charge in [0.25, 0.3) is 0 Å². The van der Waals surface area contributed by atoms with Crippen molar-refractivity contribution in [3.63, 3.8) is 0 Å². The Bertz CT molecular complexity index is 590. The maximum atomic E-state index is 10.6. The monoisotopic (exact) mass is 377 g/mol. The molecule has 1 aromatic carbocycles. The number of hydrogen-bond acceptors (Lipinski definition) is 6. The number of para-hydroxylation sites is 1. The number of rotatable bonds is 8. The second kappa shape index (κ2) is 9.73. The first-order valence-electron chi connectivity index (χ1n) is 10.2. The molecule has 0 spiro atoms. The maximum absolute atomic E-state index is 10.6. The van der Waals surface area contributed by atoms with Crippen LogP contribution in [-0.2, 0) is 6.54 Å². The molecule has 0 unspecified atom stereocenters. The predicted molar refractivity (Wildman–Crippen MR) is 108 cm³/mol. The Morgan fingerprint density at radius 3 is 2.63 bits per heavy atom. The van der Waals surface area contributed by atoms with Crippen molar-refractivity contribution >= 4 is 0 Å². The van der Waals surface area contributed by atoms with Gasteiger partial charge in [0.15, 0.2) is 11.5 Å². The van der Waals surface area contributed by atoms with Crippen molar-refractivity contribution in [2.24, 2.45) is 0 Å². The summed E-state index contributed by atoms with van der Waals surface area (Å²) in [5.74, 6) is 1.64. The minimum absolute atomic E-state index is 0.230. The third kappa shape index (κ3) is 5.13. The maximum Gasteiger partial charge on any atom is 0.165 e. The van der Waals surface area contributed by atoms with E-state index >= 15 is 0 Å². The van der Waals surface area contributed by atoms with Gasteiger partial charge in [0.05, 0.1) is 19.8 Å². The molecule has 0 aromatic heterocycles. The van der Waals surface area contributed by atoms with E-state index in [4.69, 9.17) is 9.47 Å². The van der Waals surface area contributed by atoms with Gasteiger partial charge in [-0.15, -0.1) is 0 Å². The van der Waals surface area contributed by atoms with E-state index in [1.54, 1.807) is 7.11 Å². The Morgan fingerprint density at radius 2 is 1.93 bits per heavy atom. The van der Waals surface area contributed by atoms with Crippen molar-refractivity contribution < 1.29 is 14.6 Å². The van der Waals surface area contributed by atoms with Crippen molar-refractivity contribution in [2.75, 3.05) is 60.0 Å².